The fourth-order valence-electron chi connectivity index (χ4n) is 4.56. The van der Waals surface area contributed by atoms with E-state index in [0.717, 1.165) is 22.0 Å². The number of rotatable bonds is 7. The monoisotopic (exact) mass is 547 g/mol. The molecular formula is C29H26BrNO5. The molecule has 6 nitrogen and oxygen atoms in total. The van der Waals surface area contributed by atoms with Crippen molar-refractivity contribution in [3.05, 3.63) is 97.8 Å². The molecule has 3 aromatic carbocycles. The number of carbonyl (C=O) groups excluding carboxylic acids is 1. The molecule has 2 heterocycles. The fourth-order valence-corrected chi connectivity index (χ4v) is 4.83. The van der Waals surface area contributed by atoms with Gasteiger partial charge in [-0.3, -0.25) is 14.5 Å². The van der Waals surface area contributed by atoms with Gasteiger partial charge in [0, 0.05) is 10.2 Å². The lowest BCUT2D eigenvalue weighted by molar-refractivity contribution is 0.0971. The van der Waals surface area contributed by atoms with E-state index in [-0.39, 0.29) is 17.1 Å². The van der Waals surface area contributed by atoms with E-state index in [1.165, 1.54) is 0 Å². The first-order valence-electron chi connectivity index (χ1n) is 12.0. The van der Waals surface area contributed by atoms with Gasteiger partial charge in [-0.15, -0.1) is 0 Å². The first-order chi connectivity index (χ1) is 17.4. The summed E-state index contributed by atoms with van der Waals surface area (Å²) in [7, 11) is 0. The van der Waals surface area contributed by atoms with Gasteiger partial charge in [-0.05, 0) is 74.4 Å². The molecular weight excluding hydrogens is 522 g/mol. The standard InChI is InChI=1S/C29H26BrNO5/c1-4-14-35-23-13-7-18(16-24(23)34-5-2)26-25-27(32)21-15-17(3)6-12-22(21)36-28(25)29(33)31(26)20-10-8-19(30)9-11-20/h6-13,15-16,26H,4-5,14H2,1-3H3. The lowest BCUT2D eigenvalue weighted by Crippen LogP contribution is -2.29. The minimum Gasteiger partial charge on any atom is -0.490 e. The van der Waals surface area contributed by atoms with Crippen LogP contribution in [0.25, 0.3) is 11.0 Å². The van der Waals surface area contributed by atoms with Crippen LogP contribution in [0, 0.1) is 6.92 Å². The molecule has 0 radical (unpaired) electrons. The van der Waals surface area contributed by atoms with Crippen molar-refractivity contribution in [1.29, 1.82) is 0 Å². The number of ether oxygens (including phenoxy) is 2. The number of anilines is 1. The molecule has 5 rings (SSSR count). The molecule has 0 fully saturated rings. The summed E-state index contributed by atoms with van der Waals surface area (Å²) in [6.07, 6.45) is 0.864. The van der Waals surface area contributed by atoms with Crippen molar-refractivity contribution in [3.8, 4) is 11.5 Å². The molecule has 1 aromatic heterocycles. The van der Waals surface area contributed by atoms with Gasteiger partial charge in [0.05, 0.1) is 30.2 Å². The molecule has 4 aromatic rings. The van der Waals surface area contributed by atoms with Crippen LogP contribution in [0.2, 0.25) is 0 Å². The number of nitrogens with zero attached hydrogens (tertiary/aromatic N) is 1. The van der Waals surface area contributed by atoms with Gasteiger partial charge in [0.25, 0.3) is 5.91 Å². The Hall–Kier alpha value is -3.58. The summed E-state index contributed by atoms with van der Waals surface area (Å²) in [4.78, 5) is 29.2. The maximum atomic E-state index is 13.8. The smallest absolute Gasteiger partial charge is 0.295 e. The average molecular weight is 548 g/mol. The number of hydrogen-bond acceptors (Lipinski definition) is 5. The van der Waals surface area contributed by atoms with Crippen LogP contribution < -0.4 is 19.8 Å². The molecule has 0 saturated heterocycles. The maximum Gasteiger partial charge on any atom is 0.295 e. The zero-order valence-corrected chi connectivity index (χ0v) is 21.9. The number of benzene rings is 3. The topological polar surface area (TPSA) is 69.0 Å². The Labute approximate surface area is 217 Å². The first-order valence-corrected chi connectivity index (χ1v) is 12.8. The Bertz CT molecular complexity index is 1510. The van der Waals surface area contributed by atoms with Crippen LogP contribution in [0.1, 0.15) is 53.6 Å². The minimum atomic E-state index is -0.686. The van der Waals surface area contributed by atoms with Gasteiger partial charge < -0.3 is 13.9 Å². The van der Waals surface area contributed by atoms with Crippen molar-refractivity contribution in [1.82, 2.24) is 0 Å². The van der Waals surface area contributed by atoms with E-state index in [0.29, 0.717) is 46.9 Å². The molecule has 7 heteroatoms. The van der Waals surface area contributed by atoms with Gasteiger partial charge in [0.2, 0.25) is 5.76 Å². The van der Waals surface area contributed by atoms with Crippen molar-refractivity contribution in [2.45, 2.75) is 33.2 Å². The average Bonchev–Trinajstić information content (AvgIpc) is 3.17. The predicted molar refractivity (Wildman–Crippen MR) is 143 cm³/mol. The van der Waals surface area contributed by atoms with E-state index in [1.807, 2.05) is 69.3 Å². The Balaban J connectivity index is 1.75. The normalized spacial score (nSPS) is 14.8. The van der Waals surface area contributed by atoms with Crippen LogP contribution in [0.4, 0.5) is 5.69 Å². The Kier molecular flexibility index (Phi) is 6.58. The molecule has 0 aliphatic carbocycles. The highest BCUT2D eigenvalue weighted by Gasteiger charge is 2.44. The molecule has 0 bridgehead atoms. The third-order valence-electron chi connectivity index (χ3n) is 6.18. The highest BCUT2D eigenvalue weighted by molar-refractivity contribution is 9.10. The molecule has 0 N–H and O–H groups in total. The number of carbonyl (C=O) groups is 1. The SMILES string of the molecule is CCCOc1ccc(C2c3c(oc4ccc(C)cc4c3=O)C(=O)N2c2ccc(Br)cc2)cc1OCC. The predicted octanol–water partition coefficient (Wildman–Crippen LogP) is 6.80. The summed E-state index contributed by atoms with van der Waals surface area (Å²) in [6, 6.07) is 17.7. The van der Waals surface area contributed by atoms with Crippen molar-refractivity contribution in [2.75, 3.05) is 18.1 Å². The summed E-state index contributed by atoms with van der Waals surface area (Å²) < 4.78 is 18.7. The number of halogens is 1. The Morgan fingerprint density at radius 1 is 0.944 bits per heavy atom. The van der Waals surface area contributed by atoms with Crippen LogP contribution in [-0.4, -0.2) is 19.1 Å². The van der Waals surface area contributed by atoms with Crippen molar-refractivity contribution in [3.63, 3.8) is 0 Å². The summed E-state index contributed by atoms with van der Waals surface area (Å²) in [5.74, 6) is 0.902. The van der Waals surface area contributed by atoms with Crippen LogP contribution >= 0.6 is 15.9 Å². The van der Waals surface area contributed by atoms with Crippen molar-refractivity contribution >= 4 is 38.5 Å². The van der Waals surface area contributed by atoms with E-state index in [1.54, 1.807) is 17.0 Å². The quantitative estimate of drug-likeness (QED) is 0.254. The van der Waals surface area contributed by atoms with E-state index in [9.17, 15) is 9.59 Å². The van der Waals surface area contributed by atoms with Gasteiger partial charge in [-0.2, -0.15) is 0 Å². The van der Waals surface area contributed by atoms with Gasteiger partial charge in [-0.25, -0.2) is 0 Å². The second-order valence-electron chi connectivity index (χ2n) is 8.72. The number of fused-ring (bicyclic) bond motifs is 2. The first kappa shape index (κ1) is 24.1. The highest BCUT2D eigenvalue weighted by Crippen LogP contribution is 2.43. The number of hydrogen-bond donors (Lipinski definition) is 0. The number of aryl methyl sites for hydroxylation is 1. The van der Waals surface area contributed by atoms with E-state index in [2.05, 4.69) is 15.9 Å². The minimum absolute atomic E-state index is 0.0635. The fraction of sp³-hybridized carbons (Fsp3) is 0.241. The van der Waals surface area contributed by atoms with Gasteiger partial charge >= 0.3 is 0 Å². The second-order valence-corrected chi connectivity index (χ2v) is 9.63. The lowest BCUT2D eigenvalue weighted by Gasteiger charge is -2.26. The van der Waals surface area contributed by atoms with Crippen molar-refractivity contribution < 1.29 is 18.7 Å². The van der Waals surface area contributed by atoms with E-state index < -0.39 is 6.04 Å². The molecule has 1 atom stereocenters. The zero-order chi connectivity index (χ0) is 25.4. The van der Waals surface area contributed by atoms with Crippen LogP contribution in [0.5, 0.6) is 11.5 Å². The summed E-state index contributed by atoms with van der Waals surface area (Å²) in [5, 5.41) is 0.456. The third-order valence-corrected chi connectivity index (χ3v) is 6.70. The second kappa shape index (κ2) is 9.82. The van der Waals surface area contributed by atoms with E-state index >= 15 is 0 Å². The molecule has 0 saturated carbocycles. The van der Waals surface area contributed by atoms with E-state index in [4.69, 9.17) is 13.9 Å². The van der Waals surface area contributed by atoms with Gasteiger partial charge in [-0.1, -0.05) is 40.5 Å². The van der Waals surface area contributed by atoms with Crippen molar-refractivity contribution in [2.24, 2.45) is 0 Å². The number of amides is 1. The van der Waals surface area contributed by atoms with Crippen LogP contribution in [0.15, 0.2) is 74.3 Å². The Morgan fingerprint density at radius 3 is 2.44 bits per heavy atom. The maximum absolute atomic E-state index is 13.8. The van der Waals surface area contributed by atoms with Crippen LogP contribution in [0.3, 0.4) is 0 Å². The highest BCUT2D eigenvalue weighted by atomic mass is 79.9. The lowest BCUT2D eigenvalue weighted by atomic mass is 9.97. The molecule has 1 aliphatic rings. The molecule has 184 valence electrons. The molecule has 0 spiro atoms. The largest absolute Gasteiger partial charge is 0.490 e. The summed E-state index contributed by atoms with van der Waals surface area (Å²) in [5.41, 5.74) is 2.84. The molecule has 36 heavy (non-hydrogen) atoms. The summed E-state index contributed by atoms with van der Waals surface area (Å²) >= 11 is 3.46. The van der Waals surface area contributed by atoms with Gasteiger partial charge in [0.1, 0.15) is 5.58 Å². The molecule has 1 aliphatic heterocycles. The Morgan fingerprint density at radius 2 is 1.72 bits per heavy atom. The summed E-state index contributed by atoms with van der Waals surface area (Å²) in [6.45, 7) is 6.88. The molecule has 1 amide bonds. The zero-order valence-electron chi connectivity index (χ0n) is 20.3. The third kappa shape index (κ3) is 4.17. The van der Waals surface area contributed by atoms with Gasteiger partial charge in [0.15, 0.2) is 16.9 Å². The molecule has 1 unspecified atom stereocenters. The van der Waals surface area contributed by atoms with Crippen LogP contribution in [-0.2, 0) is 0 Å².